The minimum atomic E-state index is 0.807. The van der Waals surface area contributed by atoms with E-state index in [1.807, 2.05) is 12.3 Å². The molecule has 2 heteroatoms. The Morgan fingerprint density at radius 3 is 2.84 bits per heavy atom. The maximum atomic E-state index is 4.40. The number of fused-ring (bicyclic) bond motifs is 1. The van der Waals surface area contributed by atoms with Crippen molar-refractivity contribution >= 4 is 16.8 Å². The number of nitrogens with one attached hydrogen (secondary N) is 1. The molecule has 0 saturated heterocycles. The Balaban J connectivity index is 1.79. The van der Waals surface area contributed by atoms with E-state index in [1.165, 1.54) is 41.2 Å². The number of unbranched alkanes of at least 4 members (excludes halogenated alkanes) is 3. The minimum Gasteiger partial charge on any atom is -0.385 e. The van der Waals surface area contributed by atoms with E-state index >= 15 is 0 Å². The maximum Gasteiger partial charge on any atom is 0.0451 e. The second-order valence-corrected chi connectivity index (χ2v) is 6.60. The quantitative estimate of drug-likeness (QED) is 0.419. The van der Waals surface area contributed by atoms with E-state index in [0.29, 0.717) is 0 Å². The van der Waals surface area contributed by atoms with Crippen LogP contribution in [0.1, 0.15) is 48.9 Å². The van der Waals surface area contributed by atoms with Crippen LogP contribution in [0.25, 0.3) is 16.8 Å². The van der Waals surface area contributed by atoms with Crippen LogP contribution in [-0.4, -0.2) is 11.5 Å². The van der Waals surface area contributed by atoms with Gasteiger partial charge in [0, 0.05) is 29.5 Å². The van der Waals surface area contributed by atoms with Crippen LogP contribution in [0.2, 0.25) is 0 Å². The van der Waals surface area contributed by atoms with Crippen LogP contribution < -0.4 is 5.32 Å². The number of aryl methyl sites for hydroxylation is 2. The molecule has 2 rings (SSSR count). The van der Waals surface area contributed by atoms with Gasteiger partial charge in [0.05, 0.1) is 0 Å². The van der Waals surface area contributed by atoms with E-state index in [4.69, 9.17) is 0 Å². The molecule has 0 amide bonds. The van der Waals surface area contributed by atoms with Crippen molar-refractivity contribution in [3.63, 3.8) is 0 Å². The van der Waals surface area contributed by atoms with Gasteiger partial charge in [-0.2, -0.15) is 0 Å². The van der Waals surface area contributed by atoms with E-state index in [1.54, 1.807) is 0 Å². The fourth-order valence-corrected chi connectivity index (χ4v) is 2.97. The molecule has 2 nitrogen and oxygen atoms in total. The zero-order valence-corrected chi connectivity index (χ0v) is 15.6. The van der Waals surface area contributed by atoms with E-state index in [2.05, 4.69) is 67.7 Å². The summed E-state index contributed by atoms with van der Waals surface area (Å²) in [5.41, 5.74) is 4.83. The summed E-state index contributed by atoms with van der Waals surface area (Å²) in [6.45, 7) is 12.8. The number of allylic oxidation sites excluding steroid dienone is 2. The Labute approximate surface area is 152 Å². The predicted molar refractivity (Wildman–Crippen MR) is 111 cm³/mol. The normalized spacial score (nSPS) is 11.1. The average Bonchev–Trinajstić information content (AvgIpc) is 2.60. The smallest absolute Gasteiger partial charge is 0.0451 e. The summed E-state index contributed by atoms with van der Waals surface area (Å²) >= 11 is 0. The minimum absolute atomic E-state index is 0.807. The summed E-state index contributed by atoms with van der Waals surface area (Å²) in [6.07, 6.45) is 14.1. The Hall–Kier alpha value is -2.35. The first kappa shape index (κ1) is 19.0. The molecule has 0 aliphatic heterocycles. The van der Waals surface area contributed by atoms with Gasteiger partial charge in [-0.3, -0.25) is 4.98 Å². The van der Waals surface area contributed by atoms with Gasteiger partial charge in [0.2, 0.25) is 0 Å². The molecule has 0 aliphatic rings. The van der Waals surface area contributed by atoms with E-state index in [0.717, 1.165) is 30.8 Å². The third-order valence-corrected chi connectivity index (χ3v) is 4.49. The lowest BCUT2D eigenvalue weighted by Crippen LogP contribution is -2.11. The van der Waals surface area contributed by atoms with Gasteiger partial charge in [-0.1, -0.05) is 37.3 Å². The largest absolute Gasteiger partial charge is 0.385 e. The average molecular weight is 335 g/mol. The Kier molecular flexibility index (Phi) is 7.46. The highest BCUT2D eigenvalue weighted by atomic mass is 14.9. The number of hydrogen-bond acceptors (Lipinski definition) is 2. The lowest BCUT2D eigenvalue weighted by Gasteiger charge is -2.07. The fraction of sp³-hybridized carbons (Fsp3) is 0.348. The highest BCUT2D eigenvalue weighted by Gasteiger charge is 2.02. The van der Waals surface area contributed by atoms with Gasteiger partial charge in [-0.25, -0.2) is 0 Å². The van der Waals surface area contributed by atoms with Crippen molar-refractivity contribution in [3.05, 3.63) is 72.2 Å². The van der Waals surface area contributed by atoms with Crippen molar-refractivity contribution in [2.45, 2.75) is 46.0 Å². The van der Waals surface area contributed by atoms with Gasteiger partial charge >= 0.3 is 0 Å². The van der Waals surface area contributed by atoms with Crippen molar-refractivity contribution in [2.24, 2.45) is 0 Å². The number of pyridine rings is 1. The number of aromatic nitrogens is 1. The van der Waals surface area contributed by atoms with Crippen LogP contribution in [0, 0.1) is 13.8 Å². The lowest BCUT2D eigenvalue weighted by molar-refractivity contribution is 0.662. The van der Waals surface area contributed by atoms with Crippen molar-refractivity contribution in [1.29, 1.82) is 0 Å². The molecule has 1 N–H and O–H groups in total. The highest BCUT2D eigenvalue weighted by molar-refractivity contribution is 5.87. The number of nitrogens with zero attached hydrogens (tertiary/aromatic N) is 1. The van der Waals surface area contributed by atoms with E-state index in [9.17, 15) is 0 Å². The first-order valence-electron chi connectivity index (χ1n) is 9.17. The summed E-state index contributed by atoms with van der Waals surface area (Å²) < 4.78 is 0. The summed E-state index contributed by atoms with van der Waals surface area (Å²) in [4.78, 5) is 4.40. The molecule has 0 aliphatic carbocycles. The molecule has 2 aromatic rings. The third-order valence-electron chi connectivity index (χ3n) is 4.49. The van der Waals surface area contributed by atoms with E-state index < -0.39 is 0 Å². The molecule has 1 aromatic carbocycles. The molecule has 0 saturated carbocycles. The molecule has 1 heterocycles. The fourth-order valence-electron chi connectivity index (χ4n) is 2.97. The monoisotopic (exact) mass is 334 g/mol. The van der Waals surface area contributed by atoms with Crippen LogP contribution in [0.5, 0.6) is 0 Å². The second-order valence-electron chi connectivity index (χ2n) is 6.60. The van der Waals surface area contributed by atoms with Crippen LogP contribution in [0.15, 0.2) is 55.4 Å². The number of hydrogen-bond donors (Lipinski definition) is 1. The van der Waals surface area contributed by atoms with Crippen molar-refractivity contribution < 1.29 is 0 Å². The number of rotatable bonds is 10. The van der Waals surface area contributed by atoms with Crippen LogP contribution in [-0.2, 0) is 0 Å². The standard InChI is InChI=1S/C23H30N2/c1-5-14-24-19(3)11-9-7-6-8-10-12-21-17-23-20(4)25-15-13-22(23)16-18(21)2/h5,10,12-13,15-17,24H,1,3,6-9,11,14H2,2,4H3/b12-10+. The predicted octanol–water partition coefficient (Wildman–Crippen LogP) is 6.10. The molecular formula is C23H30N2. The molecule has 132 valence electrons. The van der Waals surface area contributed by atoms with Crippen LogP contribution in [0.4, 0.5) is 0 Å². The maximum absolute atomic E-state index is 4.40. The first-order valence-corrected chi connectivity index (χ1v) is 9.17. The van der Waals surface area contributed by atoms with Crippen molar-refractivity contribution in [2.75, 3.05) is 6.54 Å². The second kappa shape index (κ2) is 9.83. The summed E-state index contributed by atoms with van der Waals surface area (Å²) in [7, 11) is 0. The van der Waals surface area contributed by atoms with Gasteiger partial charge in [0.15, 0.2) is 0 Å². The first-order chi connectivity index (χ1) is 12.1. The Bertz CT molecular complexity index is 756. The zero-order chi connectivity index (χ0) is 18.1. The molecule has 0 unspecified atom stereocenters. The van der Waals surface area contributed by atoms with Gasteiger partial charge in [-0.05, 0) is 68.2 Å². The van der Waals surface area contributed by atoms with Gasteiger partial charge < -0.3 is 5.32 Å². The van der Waals surface area contributed by atoms with Crippen LogP contribution >= 0.6 is 0 Å². The van der Waals surface area contributed by atoms with Crippen molar-refractivity contribution in [1.82, 2.24) is 10.3 Å². The molecule has 0 atom stereocenters. The summed E-state index contributed by atoms with van der Waals surface area (Å²) in [6, 6.07) is 6.60. The van der Waals surface area contributed by atoms with Crippen molar-refractivity contribution in [3.8, 4) is 0 Å². The Morgan fingerprint density at radius 2 is 2.04 bits per heavy atom. The highest BCUT2D eigenvalue weighted by Crippen LogP contribution is 2.22. The molecule has 0 fully saturated rings. The van der Waals surface area contributed by atoms with Crippen LogP contribution in [0.3, 0.4) is 0 Å². The molecule has 0 radical (unpaired) electrons. The lowest BCUT2D eigenvalue weighted by atomic mass is 10.0. The summed E-state index contributed by atoms with van der Waals surface area (Å²) in [5, 5.41) is 5.77. The van der Waals surface area contributed by atoms with Gasteiger partial charge in [0.25, 0.3) is 0 Å². The van der Waals surface area contributed by atoms with E-state index in [-0.39, 0.29) is 0 Å². The Morgan fingerprint density at radius 1 is 1.20 bits per heavy atom. The van der Waals surface area contributed by atoms with Gasteiger partial charge in [0.1, 0.15) is 0 Å². The number of benzene rings is 1. The molecule has 25 heavy (non-hydrogen) atoms. The molecule has 0 bridgehead atoms. The third kappa shape index (κ3) is 5.90. The topological polar surface area (TPSA) is 24.9 Å². The van der Waals surface area contributed by atoms with Gasteiger partial charge in [-0.15, -0.1) is 6.58 Å². The summed E-state index contributed by atoms with van der Waals surface area (Å²) in [5.74, 6) is 0. The SMILES string of the molecule is C=CCNC(=C)CCCCC/C=C/c1cc2c(C)nccc2cc1C. The molecule has 1 aromatic heterocycles. The zero-order valence-electron chi connectivity index (χ0n) is 15.6. The molecular weight excluding hydrogens is 304 g/mol. The molecule has 0 spiro atoms.